The van der Waals surface area contributed by atoms with E-state index in [1.165, 1.54) is 15.8 Å². The van der Waals surface area contributed by atoms with E-state index < -0.39 is 6.04 Å². The van der Waals surface area contributed by atoms with Crippen molar-refractivity contribution in [3.05, 3.63) is 27.1 Å². The Kier molecular flexibility index (Phi) is 4.76. The molecule has 0 saturated carbocycles. The second-order valence-electron chi connectivity index (χ2n) is 6.82. The minimum Gasteiger partial charge on any atom is -0.461 e. The zero-order chi connectivity index (χ0) is 17.4. The highest BCUT2D eigenvalue weighted by molar-refractivity contribution is 7.18. The van der Waals surface area contributed by atoms with E-state index >= 15 is 0 Å². The lowest BCUT2D eigenvalue weighted by Crippen LogP contribution is -2.31. The van der Waals surface area contributed by atoms with Gasteiger partial charge in [-0.2, -0.15) is 0 Å². The fourth-order valence-corrected chi connectivity index (χ4v) is 4.45. The van der Waals surface area contributed by atoms with Crippen molar-refractivity contribution in [1.82, 2.24) is 9.55 Å². The predicted octanol–water partition coefficient (Wildman–Crippen LogP) is 3.49. The first-order valence-electron chi connectivity index (χ1n) is 8.64. The second kappa shape index (κ2) is 6.67. The summed E-state index contributed by atoms with van der Waals surface area (Å²) < 4.78 is 6.78. The predicted molar refractivity (Wildman–Crippen MR) is 95.6 cm³/mol. The van der Waals surface area contributed by atoms with Crippen LogP contribution in [0.25, 0.3) is 10.2 Å². The first-order chi connectivity index (χ1) is 11.4. The third kappa shape index (κ3) is 2.99. The molecule has 3 unspecified atom stereocenters. The minimum atomic E-state index is -0.665. The van der Waals surface area contributed by atoms with Gasteiger partial charge in [0.05, 0.1) is 17.8 Å². The standard InChI is InChI=1S/C18H24N2O3S/c1-5-11(3)23-18(22)12(4)20-9-19-16-15(17(20)21)13-7-6-10(2)8-14(13)24-16/h9-12H,5-8H2,1-4H3. The molecule has 0 saturated heterocycles. The molecule has 0 bridgehead atoms. The molecule has 0 N–H and O–H groups in total. The topological polar surface area (TPSA) is 61.2 Å². The minimum absolute atomic E-state index is 0.124. The van der Waals surface area contributed by atoms with Crippen LogP contribution in [0.15, 0.2) is 11.1 Å². The number of thiophene rings is 1. The van der Waals surface area contributed by atoms with E-state index in [9.17, 15) is 9.59 Å². The maximum atomic E-state index is 13.0. The van der Waals surface area contributed by atoms with Gasteiger partial charge in [0, 0.05) is 4.88 Å². The first-order valence-corrected chi connectivity index (χ1v) is 9.45. The number of ether oxygens (including phenoxy) is 1. The van der Waals surface area contributed by atoms with E-state index in [4.69, 9.17) is 4.74 Å². The smallest absolute Gasteiger partial charge is 0.329 e. The molecule has 3 atom stereocenters. The summed E-state index contributed by atoms with van der Waals surface area (Å²) in [6.45, 7) is 7.75. The summed E-state index contributed by atoms with van der Waals surface area (Å²) in [5.74, 6) is 0.266. The highest BCUT2D eigenvalue weighted by Gasteiger charge is 2.26. The van der Waals surface area contributed by atoms with Crippen molar-refractivity contribution in [1.29, 1.82) is 0 Å². The van der Waals surface area contributed by atoms with E-state index in [1.54, 1.807) is 18.3 Å². The summed E-state index contributed by atoms with van der Waals surface area (Å²) in [5.41, 5.74) is 1.02. The Bertz CT molecular complexity index is 824. The molecule has 3 rings (SSSR count). The Hall–Kier alpha value is -1.69. The quantitative estimate of drug-likeness (QED) is 0.794. The average molecular weight is 348 g/mol. The molecule has 1 aliphatic carbocycles. The molecule has 0 spiro atoms. The molecule has 2 heterocycles. The normalized spacial score (nSPS) is 19.8. The molecule has 0 radical (unpaired) electrons. The fourth-order valence-electron chi connectivity index (χ4n) is 3.11. The van der Waals surface area contributed by atoms with Crippen molar-refractivity contribution in [3.63, 3.8) is 0 Å². The van der Waals surface area contributed by atoms with Gasteiger partial charge in [0.1, 0.15) is 10.9 Å². The molecule has 24 heavy (non-hydrogen) atoms. The molecule has 0 aliphatic heterocycles. The van der Waals surface area contributed by atoms with Crippen LogP contribution in [0.2, 0.25) is 0 Å². The Balaban J connectivity index is 2.00. The molecule has 5 nitrogen and oxygen atoms in total. The van der Waals surface area contributed by atoms with Crippen LogP contribution in [-0.2, 0) is 22.4 Å². The largest absolute Gasteiger partial charge is 0.461 e. The number of aryl methyl sites for hydroxylation is 1. The Morgan fingerprint density at radius 3 is 2.96 bits per heavy atom. The van der Waals surface area contributed by atoms with Crippen LogP contribution < -0.4 is 5.56 Å². The zero-order valence-corrected chi connectivity index (χ0v) is 15.5. The summed E-state index contributed by atoms with van der Waals surface area (Å²) in [7, 11) is 0. The van der Waals surface area contributed by atoms with Crippen LogP contribution in [0.3, 0.4) is 0 Å². The number of esters is 1. The number of carbonyl (C=O) groups is 1. The van der Waals surface area contributed by atoms with E-state index in [2.05, 4.69) is 11.9 Å². The second-order valence-corrected chi connectivity index (χ2v) is 7.90. The fraction of sp³-hybridized carbons (Fsp3) is 0.611. The van der Waals surface area contributed by atoms with Crippen molar-refractivity contribution in [2.45, 2.75) is 65.5 Å². The van der Waals surface area contributed by atoms with Crippen molar-refractivity contribution in [2.24, 2.45) is 5.92 Å². The van der Waals surface area contributed by atoms with Gasteiger partial charge in [-0.3, -0.25) is 9.36 Å². The number of fused-ring (bicyclic) bond motifs is 3. The van der Waals surface area contributed by atoms with Crippen molar-refractivity contribution in [3.8, 4) is 0 Å². The third-order valence-corrected chi connectivity index (χ3v) is 6.05. The number of rotatable bonds is 4. The molecule has 2 aromatic rings. The van der Waals surface area contributed by atoms with Gasteiger partial charge in [0.15, 0.2) is 0 Å². The average Bonchev–Trinajstić information content (AvgIpc) is 2.92. The number of carbonyl (C=O) groups excluding carboxylic acids is 1. The van der Waals surface area contributed by atoms with E-state index in [0.29, 0.717) is 11.3 Å². The first kappa shape index (κ1) is 17.1. The molecule has 1 aliphatic rings. The zero-order valence-electron chi connectivity index (χ0n) is 14.7. The van der Waals surface area contributed by atoms with Crippen molar-refractivity contribution in [2.75, 3.05) is 0 Å². The summed E-state index contributed by atoms with van der Waals surface area (Å²) in [6.07, 6.45) is 5.12. The Morgan fingerprint density at radius 2 is 2.25 bits per heavy atom. The van der Waals surface area contributed by atoms with Crippen LogP contribution in [0, 0.1) is 5.92 Å². The monoisotopic (exact) mass is 348 g/mol. The molecule has 0 aromatic carbocycles. The lowest BCUT2D eigenvalue weighted by Gasteiger charge is -2.18. The summed E-state index contributed by atoms with van der Waals surface area (Å²) >= 11 is 1.62. The lowest BCUT2D eigenvalue weighted by atomic mass is 9.89. The molecular weight excluding hydrogens is 324 g/mol. The molecule has 130 valence electrons. The summed E-state index contributed by atoms with van der Waals surface area (Å²) in [4.78, 5) is 31.7. The van der Waals surface area contributed by atoms with E-state index in [0.717, 1.165) is 36.1 Å². The van der Waals surface area contributed by atoms with Gasteiger partial charge < -0.3 is 4.74 Å². The number of nitrogens with zero attached hydrogens (tertiary/aromatic N) is 2. The highest BCUT2D eigenvalue weighted by atomic mass is 32.1. The number of aromatic nitrogens is 2. The van der Waals surface area contributed by atoms with Crippen molar-refractivity contribution < 1.29 is 9.53 Å². The molecule has 2 aromatic heterocycles. The molecular formula is C18H24N2O3S. The van der Waals surface area contributed by atoms with Crippen LogP contribution in [0.5, 0.6) is 0 Å². The van der Waals surface area contributed by atoms with Crippen LogP contribution in [0.1, 0.15) is 57.0 Å². The van der Waals surface area contributed by atoms with Gasteiger partial charge in [-0.1, -0.05) is 13.8 Å². The SMILES string of the molecule is CCC(C)OC(=O)C(C)n1cnc2sc3c(c2c1=O)CCC(C)C3. The van der Waals surface area contributed by atoms with E-state index in [-0.39, 0.29) is 17.6 Å². The molecule has 6 heteroatoms. The van der Waals surface area contributed by atoms with Crippen LogP contribution in [0.4, 0.5) is 0 Å². The van der Waals surface area contributed by atoms with Gasteiger partial charge in [-0.25, -0.2) is 9.78 Å². The van der Waals surface area contributed by atoms with Gasteiger partial charge in [-0.05, 0) is 51.0 Å². The van der Waals surface area contributed by atoms with Gasteiger partial charge in [0.25, 0.3) is 5.56 Å². The summed E-state index contributed by atoms with van der Waals surface area (Å²) in [6, 6.07) is -0.665. The maximum Gasteiger partial charge on any atom is 0.329 e. The van der Waals surface area contributed by atoms with Crippen molar-refractivity contribution >= 4 is 27.5 Å². The number of hydrogen-bond donors (Lipinski definition) is 0. The van der Waals surface area contributed by atoms with Gasteiger partial charge in [0.2, 0.25) is 0 Å². The van der Waals surface area contributed by atoms with Gasteiger partial charge in [-0.15, -0.1) is 11.3 Å². The van der Waals surface area contributed by atoms with Crippen LogP contribution in [-0.4, -0.2) is 21.6 Å². The lowest BCUT2D eigenvalue weighted by molar-refractivity contribution is -0.152. The summed E-state index contributed by atoms with van der Waals surface area (Å²) in [5, 5.41) is 0.701. The number of hydrogen-bond acceptors (Lipinski definition) is 5. The molecule has 0 amide bonds. The maximum absolute atomic E-state index is 13.0. The third-order valence-electron chi connectivity index (χ3n) is 4.89. The Morgan fingerprint density at radius 1 is 1.50 bits per heavy atom. The molecule has 0 fully saturated rings. The highest BCUT2D eigenvalue weighted by Crippen LogP contribution is 2.35. The Labute approximate surface area is 145 Å². The van der Waals surface area contributed by atoms with Crippen LogP contribution >= 0.6 is 11.3 Å². The van der Waals surface area contributed by atoms with Gasteiger partial charge >= 0.3 is 5.97 Å². The van der Waals surface area contributed by atoms with E-state index in [1.807, 2.05) is 13.8 Å².